The van der Waals surface area contributed by atoms with E-state index in [1.54, 1.807) is 30.0 Å². The summed E-state index contributed by atoms with van der Waals surface area (Å²) in [5.41, 5.74) is 4.38. The minimum Gasteiger partial charge on any atom is -0.508 e. The first kappa shape index (κ1) is 22.0. The molecule has 1 aliphatic heterocycles. The average Bonchev–Trinajstić information content (AvgIpc) is 3.10. The van der Waals surface area contributed by atoms with E-state index in [-0.39, 0.29) is 22.5 Å². The molecular weight excluding hydrogens is 420 g/mol. The van der Waals surface area contributed by atoms with E-state index in [9.17, 15) is 9.90 Å². The van der Waals surface area contributed by atoms with Gasteiger partial charge in [-0.05, 0) is 52.4 Å². The summed E-state index contributed by atoms with van der Waals surface area (Å²) in [5.74, 6) is -0.0258. The number of carboxylic acids is 1. The summed E-state index contributed by atoms with van der Waals surface area (Å²) in [6.45, 7) is 6.60. The van der Waals surface area contributed by atoms with Gasteiger partial charge in [0, 0.05) is 16.5 Å². The van der Waals surface area contributed by atoms with Crippen molar-refractivity contribution >= 4 is 23.8 Å². The molecule has 0 radical (unpaired) electrons. The fraction of sp³-hybridized carbons (Fsp3) is 0.222. The van der Waals surface area contributed by atoms with Crippen molar-refractivity contribution in [2.75, 3.05) is 0 Å². The van der Waals surface area contributed by atoms with Gasteiger partial charge in [0.05, 0.1) is 5.25 Å². The smallest absolute Gasteiger partial charge is 0.328 e. The molecule has 0 amide bonds. The van der Waals surface area contributed by atoms with E-state index in [1.807, 2.05) is 30.3 Å². The van der Waals surface area contributed by atoms with Crippen LogP contribution >= 0.6 is 11.8 Å². The number of carboxylic acid groups (broad SMARTS) is 1. The molecule has 0 aromatic heterocycles. The van der Waals surface area contributed by atoms with Crippen LogP contribution in [0, 0.1) is 0 Å². The van der Waals surface area contributed by atoms with Crippen LogP contribution in [0.5, 0.6) is 11.5 Å². The second-order valence-corrected chi connectivity index (χ2v) is 10.1. The molecule has 0 fully saturated rings. The van der Waals surface area contributed by atoms with Gasteiger partial charge in [-0.2, -0.15) is 0 Å². The fourth-order valence-corrected chi connectivity index (χ4v) is 5.14. The van der Waals surface area contributed by atoms with Crippen LogP contribution in [0.2, 0.25) is 0 Å². The fourth-order valence-electron chi connectivity index (χ4n) is 3.73. The van der Waals surface area contributed by atoms with Crippen LogP contribution in [0.25, 0.3) is 6.08 Å². The molecule has 164 valence electrons. The number of benzene rings is 3. The first-order valence-corrected chi connectivity index (χ1v) is 11.4. The number of ether oxygens (including phenoxy) is 1. The summed E-state index contributed by atoms with van der Waals surface area (Å²) in [5, 5.41) is 18.8. The molecule has 3 aromatic carbocycles. The van der Waals surface area contributed by atoms with Crippen LogP contribution in [0.3, 0.4) is 0 Å². The van der Waals surface area contributed by atoms with E-state index in [0.29, 0.717) is 5.75 Å². The van der Waals surface area contributed by atoms with Gasteiger partial charge in [-0.25, -0.2) is 4.79 Å². The number of thioether (sulfide) groups is 1. The maximum absolute atomic E-state index is 10.7. The number of aliphatic carboxylic acids is 1. The molecule has 2 N–H and O–H groups in total. The highest BCUT2D eigenvalue weighted by Crippen LogP contribution is 2.55. The average molecular weight is 447 g/mol. The molecule has 32 heavy (non-hydrogen) atoms. The first-order valence-electron chi connectivity index (χ1n) is 10.5. The number of fused-ring (bicyclic) bond motifs is 1. The van der Waals surface area contributed by atoms with Gasteiger partial charge >= 0.3 is 5.97 Å². The van der Waals surface area contributed by atoms with Gasteiger partial charge in [-0.3, -0.25) is 0 Å². The standard InChI is InChI=1S/C27H26O4S/c1-27(2,3)19-9-7-18(8-10-19)26-25(22-14-11-20(28)16-23(22)32-26)31-21-12-4-17(5-13-21)6-15-24(29)30/h4-16,25-26,28H,1-3H3,(H,29,30)/b15-6+. The minimum atomic E-state index is -0.978. The third kappa shape index (κ3) is 4.83. The van der Waals surface area contributed by atoms with Gasteiger partial charge in [0.15, 0.2) is 0 Å². The van der Waals surface area contributed by atoms with E-state index in [0.717, 1.165) is 22.1 Å². The Hall–Kier alpha value is -3.18. The van der Waals surface area contributed by atoms with Gasteiger partial charge in [0.25, 0.3) is 0 Å². The molecule has 0 aliphatic carbocycles. The summed E-state index contributed by atoms with van der Waals surface area (Å²) in [4.78, 5) is 11.7. The quantitative estimate of drug-likeness (QED) is 0.424. The minimum absolute atomic E-state index is 0.0485. The summed E-state index contributed by atoms with van der Waals surface area (Å²) < 4.78 is 6.44. The maximum atomic E-state index is 10.7. The predicted molar refractivity (Wildman–Crippen MR) is 128 cm³/mol. The molecular formula is C27H26O4S. The first-order chi connectivity index (χ1) is 15.2. The van der Waals surface area contributed by atoms with Crippen LogP contribution in [-0.2, 0) is 10.2 Å². The Bertz CT molecular complexity index is 1140. The molecule has 1 heterocycles. The molecule has 0 saturated carbocycles. The Morgan fingerprint density at radius 3 is 2.31 bits per heavy atom. The Kier molecular flexibility index (Phi) is 6.02. The van der Waals surface area contributed by atoms with Crippen molar-refractivity contribution in [3.63, 3.8) is 0 Å². The number of phenols is 1. The number of hydrogen-bond donors (Lipinski definition) is 2. The largest absolute Gasteiger partial charge is 0.508 e. The third-order valence-electron chi connectivity index (χ3n) is 5.50. The van der Waals surface area contributed by atoms with Crippen molar-refractivity contribution < 1.29 is 19.7 Å². The summed E-state index contributed by atoms with van der Waals surface area (Å²) in [6, 6.07) is 21.5. The van der Waals surface area contributed by atoms with E-state index in [1.165, 1.54) is 11.1 Å². The van der Waals surface area contributed by atoms with Crippen molar-refractivity contribution in [1.29, 1.82) is 0 Å². The van der Waals surface area contributed by atoms with Crippen LogP contribution in [0.1, 0.15) is 54.4 Å². The second-order valence-electron chi connectivity index (χ2n) is 8.91. The van der Waals surface area contributed by atoms with Gasteiger partial charge in [-0.15, -0.1) is 11.8 Å². The van der Waals surface area contributed by atoms with Crippen LogP contribution in [0.15, 0.2) is 77.7 Å². The molecule has 0 bridgehead atoms. The summed E-state index contributed by atoms with van der Waals surface area (Å²) in [7, 11) is 0. The lowest BCUT2D eigenvalue weighted by molar-refractivity contribution is -0.131. The molecule has 0 spiro atoms. The van der Waals surface area contributed by atoms with Crippen molar-refractivity contribution in [1.82, 2.24) is 0 Å². The number of rotatable bonds is 5. The summed E-state index contributed by atoms with van der Waals surface area (Å²) >= 11 is 1.70. The maximum Gasteiger partial charge on any atom is 0.328 e. The number of phenolic OH excluding ortho intramolecular Hbond substituents is 1. The van der Waals surface area contributed by atoms with Gasteiger partial charge in [0.1, 0.15) is 17.6 Å². The predicted octanol–water partition coefficient (Wildman–Crippen LogP) is 6.75. The Morgan fingerprint density at radius 1 is 1.00 bits per heavy atom. The van der Waals surface area contributed by atoms with E-state index >= 15 is 0 Å². The lowest BCUT2D eigenvalue weighted by Crippen LogP contribution is -2.13. The molecule has 5 heteroatoms. The SMILES string of the molecule is CC(C)(C)c1ccc(C2Sc3cc(O)ccc3C2Oc2ccc(/C=C/C(=O)O)cc2)cc1. The lowest BCUT2D eigenvalue weighted by Gasteiger charge is -2.24. The van der Waals surface area contributed by atoms with Gasteiger partial charge < -0.3 is 14.9 Å². The van der Waals surface area contributed by atoms with Gasteiger partial charge in [-0.1, -0.05) is 63.2 Å². The highest BCUT2D eigenvalue weighted by atomic mass is 32.2. The zero-order valence-corrected chi connectivity index (χ0v) is 19.1. The monoisotopic (exact) mass is 446 g/mol. The second kappa shape index (κ2) is 8.75. The lowest BCUT2D eigenvalue weighted by atomic mass is 9.86. The van der Waals surface area contributed by atoms with E-state index < -0.39 is 5.97 Å². The third-order valence-corrected chi connectivity index (χ3v) is 6.88. The van der Waals surface area contributed by atoms with Crippen LogP contribution in [-0.4, -0.2) is 16.2 Å². The molecule has 2 atom stereocenters. The van der Waals surface area contributed by atoms with Crippen LogP contribution in [0.4, 0.5) is 0 Å². The van der Waals surface area contributed by atoms with Gasteiger partial charge in [0.2, 0.25) is 0 Å². The molecule has 1 aliphatic rings. The number of carbonyl (C=O) groups is 1. The molecule has 0 saturated heterocycles. The highest BCUT2D eigenvalue weighted by molar-refractivity contribution is 8.00. The Balaban J connectivity index is 1.63. The Morgan fingerprint density at radius 2 is 1.69 bits per heavy atom. The number of hydrogen-bond acceptors (Lipinski definition) is 4. The molecule has 2 unspecified atom stereocenters. The topological polar surface area (TPSA) is 66.8 Å². The van der Waals surface area contributed by atoms with Crippen molar-refractivity contribution in [2.45, 2.75) is 42.4 Å². The normalized spacial score (nSPS) is 18.0. The van der Waals surface area contributed by atoms with E-state index in [4.69, 9.17) is 9.84 Å². The molecule has 3 aromatic rings. The van der Waals surface area contributed by atoms with Crippen molar-refractivity contribution in [3.8, 4) is 11.5 Å². The van der Waals surface area contributed by atoms with Crippen molar-refractivity contribution in [2.24, 2.45) is 0 Å². The van der Waals surface area contributed by atoms with Crippen LogP contribution < -0.4 is 4.74 Å². The van der Waals surface area contributed by atoms with E-state index in [2.05, 4.69) is 45.0 Å². The zero-order chi connectivity index (χ0) is 22.9. The molecule has 4 rings (SSSR count). The number of aromatic hydroxyl groups is 1. The highest BCUT2D eigenvalue weighted by Gasteiger charge is 2.36. The van der Waals surface area contributed by atoms with Crippen molar-refractivity contribution in [3.05, 3.63) is 95.1 Å². The summed E-state index contributed by atoms with van der Waals surface area (Å²) in [6.07, 6.45) is 2.45. The Labute approximate surface area is 192 Å². The zero-order valence-electron chi connectivity index (χ0n) is 18.3. The molecule has 4 nitrogen and oxygen atoms in total.